The predicted molar refractivity (Wildman–Crippen MR) is 124 cm³/mol. The largest absolute Gasteiger partial charge is 0.491 e. The number of hydrazone groups is 1. The number of aryl methyl sites for hydroxylation is 1. The number of para-hydroxylation sites is 1. The Morgan fingerprint density at radius 3 is 2.85 bits per heavy atom. The number of aromatic amines is 1. The van der Waals surface area contributed by atoms with Crippen LogP contribution in [0.3, 0.4) is 0 Å². The Labute approximate surface area is 188 Å². The molecule has 5 N–H and O–H groups in total. The molecule has 0 saturated heterocycles. The molecule has 2 amide bonds. The maximum atomic E-state index is 12.7. The fourth-order valence-corrected chi connectivity index (χ4v) is 3.75. The van der Waals surface area contributed by atoms with Crippen molar-refractivity contribution in [1.29, 1.82) is 0 Å². The molecule has 0 saturated carbocycles. The highest BCUT2D eigenvalue weighted by atomic mass is 16.5. The first-order valence-electron chi connectivity index (χ1n) is 10.3. The van der Waals surface area contributed by atoms with Crippen LogP contribution in [0.1, 0.15) is 15.9 Å². The second-order valence-electron chi connectivity index (χ2n) is 7.68. The number of anilines is 1. The Morgan fingerprint density at radius 2 is 2.09 bits per heavy atom. The molecule has 0 bridgehead atoms. The highest BCUT2D eigenvalue weighted by molar-refractivity contribution is 6.18. The fraction of sp³-hybridized carbons (Fsp3) is 0.130. The quantitative estimate of drug-likeness (QED) is 0.361. The minimum absolute atomic E-state index is 0.0110. The van der Waals surface area contributed by atoms with Crippen molar-refractivity contribution >= 4 is 34.6 Å². The van der Waals surface area contributed by atoms with Crippen molar-refractivity contribution in [2.75, 3.05) is 11.9 Å². The topological polar surface area (TPSA) is 139 Å². The molecule has 166 valence electrons. The van der Waals surface area contributed by atoms with Gasteiger partial charge in [-0.15, -0.1) is 0 Å². The number of nitrogens with two attached hydrogens (primary N) is 1. The van der Waals surface area contributed by atoms with Crippen LogP contribution < -0.4 is 21.2 Å². The Balaban J connectivity index is 1.44. The number of carbonyl (C=O) groups is 2. The number of carbonyl (C=O) groups excluding carboxylic acids is 2. The molecule has 1 unspecified atom stereocenters. The van der Waals surface area contributed by atoms with E-state index in [1.165, 1.54) is 0 Å². The number of nitrogens with one attached hydrogen (secondary N) is 3. The molecule has 10 nitrogen and oxygen atoms in total. The van der Waals surface area contributed by atoms with Gasteiger partial charge < -0.3 is 20.8 Å². The van der Waals surface area contributed by atoms with Crippen LogP contribution in [0.2, 0.25) is 0 Å². The van der Waals surface area contributed by atoms with Crippen LogP contribution in [0.15, 0.2) is 60.0 Å². The van der Waals surface area contributed by atoms with E-state index >= 15 is 0 Å². The summed E-state index contributed by atoms with van der Waals surface area (Å²) in [6.45, 7) is 0.0110. The number of nitrogens with zero attached hydrogens (tertiary/aromatic N) is 3. The average molecular weight is 443 g/mol. The van der Waals surface area contributed by atoms with Gasteiger partial charge in [-0.25, -0.2) is 5.43 Å². The molecule has 10 heteroatoms. The van der Waals surface area contributed by atoms with E-state index in [0.29, 0.717) is 27.9 Å². The van der Waals surface area contributed by atoms with Crippen LogP contribution in [-0.4, -0.2) is 45.4 Å². The zero-order valence-electron chi connectivity index (χ0n) is 17.7. The van der Waals surface area contributed by atoms with E-state index in [1.54, 1.807) is 41.4 Å². The van der Waals surface area contributed by atoms with E-state index in [1.807, 2.05) is 31.4 Å². The van der Waals surface area contributed by atoms with Crippen molar-refractivity contribution in [2.45, 2.75) is 6.04 Å². The van der Waals surface area contributed by atoms with Gasteiger partial charge in [-0.05, 0) is 24.3 Å². The summed E-state index contributed by atoms with van der Waals surface area (Å²) in [5.41, 5.74) is 12.4. The van der Waals surface area contributed by atoms with E-state index in [0.717, 1.165) is 16.8 Å². The third-order valence-corrected chi connectivity index (χ3v) is 5.31. The molecule has 1 aliphatic heterocycles. The minimum atomic E-state index is -0.901. The number of H-pyrrole nitrogens is 1. The SMILES string of the molecule is Cn1cc(-c2[nH]c3cc(NC(=O)C(N)COc4ccccc4)cc4c3c2C=NNC4=O)cn1. The van der Waals surface area contributed by atoms with Crippen LogP contribution in [0.25, 0.3) is 22.2 Å². The Kier molecular flexibility index (Phi) is 5.11. The molecule has 1 aliphatic rings. The first kappa shape index (κ1) is 20.5. The molecule has 4 aromatic rings. The molecular formula is C23H21N7O3. The highest BCUT2D eigenvalue weighted by Gasteiger charge is 2.23. The van der Waals surface area contributed by atoms with Crippen LogP contribution in [-0.2, 0) is 11.8 Å². The van der Waals surface area contributed by atoms with Gasteiger partial charge in [0.05, 0.1) is 23.7 Å². The number of ether oxygens (including phenoxy) is 1. The zero-order valence-corrected chi connectivity index (χ0v) is 17.7. The fourth-order valence-electron chi connectivity index (χ4n) is 3.75. The Morgan fingerprint density at radius 1 is 1.27 bits per heavy atom. The number of hydrogen-bond donors (Lipinski definition) is 4. The van der Waals surface area contributed by atoms with Crippen LogP contribution >= 0.6 is 0 Å². The van der Waals surface area contributed by atoms with Crippen LogP contribution in [0, 0.1) is 0 Å². The van der Waals surface area contributed by atoms with Crippen molar-refractivity contribution in [3.8, 4) is 17.0 Å². The van der Waals surface area contributed by atoms with Gasteiger partial charge in [-0.1, -0.05) is 18.2 Å². The van der Waals surface area contributed by atoms with Gasteiger partial charge in [0.25, 0.3) is 5.91 Å². The molecule has 0 spiro atoms. The molecule has 3 heterocycles. The van der Waals surface area contributed by atoms with Crippen molar-refractivity contribution in [1.82, 2.24) is 20.2 Å². The van der Waals surface area contributed by atoms with Gasteiger partial charge in [0, 0.05) is 41.0 Å². The molecule has 33 heavy (non-hydrogen) atoms. The molecule has 0 radical (unpaired) electrons. The number of amides is 2. The van der Waals surface area contributed by atoms with Crippen molar-refractivity contribution < 1.29 is 14.3 Å². The third-order valence-electron chi connectivity index (χ3n) is 5.31. The van der Waals surface area contributed by atoms with Gasteiger partial charge in [-0.2, -0.15) is 10.2 Å². The lowest BCUT2D eigenvalue weighted by Crippen LogP contribution is -2.40. The Hall–Kier alpha value is -4.44. The zero-order chi connectivity index (χ0) is 22.9. The number of benzene rings is 2. The summed E-state index contributed by atoms with van der Waals surface area (Å²) in [7, 11) is 1.83. The van der Waals surface area contributed by atoms with Crippen molar-refractivity contribution in [3.05, 3.63) is 66.0 Å². The number of aromatic nitrogens is 3. The number of rotatable bonds is 6. The van der Waals surface area contributed by atoms with Crippen molar-refractivity contribution in [2.24, 2.45) is 17.9 Å². The van der Waals surface area contributed by atoms with Crippen LogP contribution in [0.4, 0.5) is 5.69 Å². The molecule has 2 aromatic carbocycles. The average Bonchev–Trinajstić information content (AvgIpc) is 3.36. The monoisotopic (exact) mass is 443 g/mol. The molecule has 0 aliphatic carbocycles. The van der Waals surface area contributed by atoms with E-state index in [-0.39, 0.29) is 12.5 Å². The second kappa shape index (κ2) is 8.24. The standard InChI is InChI=1S/C23H21N7O3/c1-30-11-13(9-26-30)21-17-10-25-29-22(31)16-7-14(8-19(28-21)20(16)17)27-23(32)18(24)12-33-15-5-3-2-4-6-15/h2-11,18,28H,12,24H2,1H3,(H,27,32)(H,29,31). The van der Waals surface area contributed by atoms with Gasteiger partial charge in [0.1, 0.15) is 18.4 Å². The van der Waals surface area contributed by atoms with Crippen molar-refractivity contribution in [3.63, 3.8) is 0 Å². The lowest BCUT2D eigenvalue weighted by atomic mass is 10.0. The molecular weight excluding hydrogens is 422 g/mol. The van der Waals surface area contributed by atoms with Gasteiger partial charge in [0.2, 0.25) is 5.91 Å². The first-order chi connectivity index (χ1) is 16.0. The molecule has 1 atom stereocenters. The Bertz CT molecular complexity index is 1390. The second-order valence-corrected chi connectivity index (χ2v) is 7.68. The van der Waals surface area contributed by atoms with Crippen LogP contribution in [0.5, 0.6) is 5.75 Å². The molecule has 0 fully saturated rings. The van der Waals surface area contributed by atoms with E-state index < -0.39 is 11.9 Å². The van der Waals surface area contributed by atoms with E-state index in [4.69, 9.17) is 10.5 Å². The smallest absolute Gasteiger partial charge is 0.272 e. The lowest BCUT2D eigenvalue weighted by Gasteiger charge is -2.14. The highest BCUT2D eigenvalue weighted by Crippen LogP contribution is 2.34. The summed E-state index contributed by atoms with van der Waals surface area (Å²) in [5, 5.41) is 11.7. The summed E-state index contributed by atoms with van der Waals surface area (Å²) in [6.07, 6.45) is 5.19. The molecule has 5 rings (SSSR count). The van der Waals surface area contributed by atoms with E-state index in [9.17, 15) is 9.59 Å². The maximum absolute atomic E-state index is 12.7. The normalized spacial score (nSPS) is 13.5. The van der Waals surface area contributed by atoms with Gasteiger partial charge >= 0.3 is 0 Å². The lowest BCUT2D eigenvalue weighted by molar-refractivity contribution is -0.118. The molecule has 2 aromatic heterocycles. The first-order valence-corrected chi connectivity index (χ1v) is 10.3. The summed E-state index contributed by atoms with van der Waals surface area (Å²) in [5.74, 6) is -0.178. The predicted octanol–water partition coefficient (Wildman–Crippen LogP) is 1.99. The summed E-state index contributed by atoms with van der Waals surface area (Å²) >= 11 is 0. The third kappa shape index (κ3) is 3.94. The summed E-state index contributed by atoms with van der Waals surface area (Å²) in [6, 6.07) is 11.6. The van der Waals surface area contributed by atoms with Gasteiger partial charge in [0.15, 0.2) is 0 Å². The number of hydrogen-bond acceptors (Lipinski definition) is 6. The summed E-state index contributed by atoms with van der Waals surface area (Å²) < 4.78 is 7.26. The maximum Gasteiger partial charge on any atom is 0.272 e. The minimum Gasteiger partial charge on any atom is -0.491 e. The summed E-state index contributed by atoms with van der Waals surface area (Å²) in [4.78, 5) is 28.7. The van der Waals surface area contributed by atoms with Gasteiger partial charge in [-0.3, -0.25) is 14.3 Å². The van der Waals surface area contributed by atoms with E-state index in [2.05, 4.69) is 25.9 Å².